The van der Waals surface area contributed by atoms with Crippen molar-refractivity contribution in [2.24, 2.45) is 0 Å². The summed E-state index contributed by atoms with van der Waals surface area (Å²) in [6.45, 7) is 9.94. The maximum atomic E-state index is 2.49. The average molecular weight is 395 g/mol. The topological polar surface area (TPSA) is 0 Å². The van der Waals surface area contributed by atoms with E-state index in [-0.39, 0.29) is 15.8 Å². The van der Waals surface area contributed by atoms with Crippen molar-refractivity contribution in [3.05, 3.63) is 91.0 Å². The fourth-order valence-electron chi connectivity index (χ4n) is 4.29. The summed E-state index contributed by atoms with van der Waals surface area (Å²) in [6, 6.07) is 34.1. The lowest BCUT2D eigenvalue weighted by Gasteiger charge is -2.45. The zero-order valence-electron chi connectivity index (χ0n) is 16.1. The molecule has 3 aromatic rings. The Labute approximate surface area is 162 Å². The van der Waals surface area contributed by atoms with Crippen LogP contribution in [0.2, 0.25) is 0 Å². The summed E-state index contributed by atoms with van der Waals surface area (Å²) in [4.78, 5) is 0. The van der Waals surface area contributed by atoms with Gasteiger partial charge in [0.2, 0.25) is 0 Å². The van der Waals surface area contributed by atoms with E-state index in [1.54, 1.807) is 15.6 Å². The molecule has 0 nitrogen and oxygen atoms in total. The molecular weight excluding hydrogens is 366 g/mol. The lowest BCUT2D eigenvalue weighted by Crippen LogP contribution is -2.73. The number of benzene rings is 3. The highest BCUT2D eigenvalue weighted by atomic mass is 31.2. The molecular formula is C23H28P2Si. The van der Waals surface area contributed by atoms with Gasteiger partial charge < -0.3 is 0 Å². The smallest absolute Gasteiger partial charge is 0.107 e. The minimum Gasteiger partial charge on any atom is -0.107 e. The van der Waals surface area contributed by atoms with E-state index >= 15 is 0 Å². The summed E-state index contributed by atoms with van der Waals surface area (Å²) in [7, 11) is -2.27. The molecule has 0 atom stereocenters. The summed E-state index contributed by atoms with van der Waals surface area (Å²) in [5.74, 6) is 0. The summed E-state index contributed by atoms with van der Waals surface area (Å²) in [5, 5.41) is 5.40. The zero-order valence-corrected chi connectivity index (χ0v) is 18.9. The Morgan fingerprint density at radius 1 is 0.500 bits per heavy atom. The fraction of sp³-hybridized carbons (Fsp3) is 0.217. The van der Waals surface area contributed by atoms with Crippen molar-refractivity contribution < 1.29 is 0 Å². The van der Waals surface area contributed by atoms with E-state index in [9.17, 15) is 0 Å². The Balaban J connectivity index is 2.43. The van der Waals surface area contributed by atoms with Crippen molar-refractivity contribution in [2.75, 3.05) is 26.7 Å². The number of hydrogen-bond donors (Lipinski definition) is 0. The van der Waals surface area contributed by atoms with Crippen LogP contribution in [0.4, 0.5) is 0 Å². The normalized spacial score (nSPS) is 12.1. The van der Waals surface area contributed by atoms with Gasteiger partial charge in [0.15, 0.2) is 8.07 Å². The monoisotopic (exact) mass is 394 g/mol. The van der Waals surface area contributed by atoms with Gasteiger partial charge in [-0.3, -0.25) is 0 Å². The van der Waals surface area contributed by atoms with Gasteiger partial charge in [0.25, 0.3) is 0 Å². The first-order valence-electron chi connectivity index (χ1n) is 9.08. The summed E-state index contributed by atoms with van der Waals surface area (Å²) in [6.07, 6.45) is 0. The first-order valence-corrected chi connectivity index (χ1v) is 15.8. The predicted octanol–water partition coefficient (Wildman–Crippen LogP) is 4.51. The summed E-state index contributed by atoms with van der Waals surface area (Å²) < 4.78 is 0. The van der Waals surface area contributed by atoms with Crippen LogP contribution in [0.3, 0.4) is 0 Å². The molecule has 0 unspecified atom stereocenters. The molecule has 134 valence electrons. The minimum atomic E-state index is -2.12. The second-order valence-corrected chi connectivity index (χ2v) is 17.4. The third kappa shape index (κ3) is 3.59. The molecule has 0 saturated heterocycles. The van der Waals surface area contributed by atoms with Crippen molar-refractivity contribution in [1.29, 1.82) is 0 Å². The van der Waals surface area contributed by atoms with Crippen molar-refractivity contribution >= 4 is 39.5 Å². The zero-order chi connectivity index (χ0) is 18.6. The van der Waals surface area contributed by atoms with Crippen LogP contribution in [0.25, 0.3) is 0 Å². The van der Waals surface area contributed by atoms with E-state index < -0.39 is 8.07 Å². The predicted molar refractivity (Wildman–Crippen MR) is 125 cm³/mol. The molecule has 0 heterocycles. The van der Waals surface area contributed by atoms with E-state index in [0.717, 1.165) is 5.02 Å². The van der Waals surface area contributed by atoms with E-state index in [4.69, 9.17) is 0 Å². The Morgan fingerprint density at radius 2 is 0.769 bits per heavy atom. The van der Waals surface area contributed by atoms with E-state index in [1.807, 2.05) is 0 Å². The maximum Gasteiger partial charge on any atom is 0.159 e. The van der Waals surface area contributed by atoms with Crippen molar-refractivity contribution in [2.45, 2.75) is 5.02 Å². The Morgan fingerprint density at radius 3 is 1.00 bits per heavy atom. The van der Waals surface area contributed by atoms with Gasteiger partial charge >= 0.3 is 0 Å². The lowest BCUT2D eigenvalue weighted by atomic mass is 10.3. The highest BCUT2D eigenvalue weighted by molar-refractivity contribution is 7.80. The van der Waals surface area contributed by atoms with E-state index in [1.165, 1.54) is 0 Å². The first kappa shape index (κ1) is 19.5. The van der Waals surface area contributed by atoms with Gasteiger partial charge in [0.1, 0.15) is 0 Å². The summed E-state index contributed by atoms with van der Waals surface area (Å²) in [5.41, 5.74) is 0. The molecule has 0 aliphatic rings. The molecule has 0 saturated carbocycles. The minimum absolute atomic E-state index is 0.0716. The van der Waals surface area contributed by atoms with E-state index in [0.29, 0.717) is 0 Å². The first-order chi connectivity index (χ1) is 12.6. The van der Waals surface area contributed by atoms with Crippen LogP contribution < -0.4 is 15.6 Å². The largest absolute Gasteiger partial charge is 0.159 e. The van der Waals surface area contributed by atoms with Crippen molar-refractivity contribution in [3.63, 3.8) is 0 Å². The van der Waals surface area contributed by atoms with Gasteiger partial charge in [0, 0.05) is 5.02 Å². The fourth-order valence-corrected chi connectivity index (χ4v) is 20.9. The Hall–Kier alpha value is -1.26. The van der Waals surface area contributed by atoms with Crippen LogP contribution in [-0.2, 0) is 0 Å². The second-order valence-electron chi connectivity index (χ2n) is 7.21. The summed E-state index contributed by atoms with van der Waals surface area (Å²) >= 11 is 0. The molecule has 26 heavy (non-hydrogen) atoms. The third-order valence-electron chi connectivity index (χ3n) is 5.05. The average Bonchev–Trinajstić information content (AvgIpc) is 2.67. The number of rotatable bonds is 6. The van der Waals surface area contributed by atoms with Gasteiger partial charge in [0.05, 0.1) is 0 Å². The molecule has 0 radical (unpaired) electrons. The molecule has 0 aromatic heterocycles. The van der Waals surface area contributed by atoms with Crippen LogP contribution >= 0.6 is 15.8 Å². The Bertz CT molecular complexity index is 697. The highest BCUT2D eigenvalue weighted by Gasteiger charge is 2.48. The lowest BCUT2D eigenvalue weighted by molar-refractivity contribution is 1.59. The van der Waals surface area contributed by atoms with Crippen LogP contribution in [-0.4, -0.2) is 39.8 Å². The molecule has 3 rings (SSSR count). The SMILES string of the molecule is CP(C)C(P(C)C)[Si](c1ccccc1)(c1ccccc1)c1ccccc1. The van der Waals surface area contributed by atoms with Gasteiger partial charge in [-0.15, -0.1) is 15.8 Å². The molecule has 3 aromatic carbocycles. The van der Waals surface area contributed by atoms with Crippen molar-refractivity contribution in [1.82, 2.24) is 0 Å². The van der Waals surface area contributed by atoms with Crippen LogP contribution in [0, 0.1) is 0 Å². The van der Waals surface area contributed by atoms with Gasteiger partial charge in [-0.25, -0.2) is 0 Å². The molecule has 0 aliphatic heterocycles. The Kier molecular flexibility index (Phi) is 6.46. The quantitative estimate of drug-likeness (QED) is 0.328. The van der Waals surface area contributed by atoms with Crippen LogP contribution in [0.5, 0.6) is 0 Å². The van der Waals surface area contributed by atoms with Crippen LogP contribution in [0.1, 0.15) is 0 Å². The third-order valence-corrected chi connectivity index (χ3v) is 19.7. The number of hydrogen-bond acceptors (Lipinski definition) is 0. The van der Waals surface area contributed by atoms with Gasteiger partial charge in [-0.2, -0.15) is 0 Å². The molecule has 0 amide bonds. The molecule has 3 heteroatoms. The maximum absolute atomic E-state index is 2.49. The second kappa shape index (κ2) is 8.62. The van der Waals surface area contributed by atoms with Gasteiger partial charge in [-0.05, 0) is 42.2 Å². The molecule has 0 N–H and O–H groups in total. The van der Waals surface area contributed by atoms with Crippen molar-refractivity contribution in [3.8, 4) is 0 Å². The molecule has 0 fully saturated rings. The van der Waals surface area contributed by atoms with Crippen LogP contribution in [0.15, 0.2) is 91.0 Å². The molecule has 0 aliphatic carbocycles. The van der Waals surface area contributed by atoms with Gasteiger partial charge in [-0.1, -0.05) is 91.0 Å². The molecule has 0 bridgehead atoms. The van der Waals surface area contributed by atoms with E-state index in [2.05, 4.69) is 118 Å². The standard InChI is InChI=1S/C23H28P2Si/c1-24(2)23(25(3)4)26(20-14-8-5-9-15-20,21-16-10-6-11-17-21)22-18-12-7-13-19-22/h5-19,23H,1-4H3. The molecule has 0 spiro atoms. The highest BCUT2D eigenvalue weighted by Crippen LogP contribution is 2.54.